The lowest BCUT2D eigenvalue weighted by Gasteiger charge is -2.16. The fraction of sp³-hybridized carbons (Fsp3) is 0.429. The third-order valence-electron chi connectivity index (χ3n) is 2.47. The number of ether oxygens (including phenoxy) is 1. The molecule has 0 atom stereocenters. The molecule has 1 radical (unpaired) electrons. The molecule has 2 nitrogen and oxygen atoms in total. The van der Waals surface area contributed by atoms with Crippen molar-refractivity contribution in [2.24, 2.45) is 0 Å². The monoisotopic (exact) mass is 249 g/mol. The summed E-state index contributed by atoms with van der Waals surface area (Å²) in [6, 6.07) is 10.3. The quantitative estimate of drug-likeness (QED) is 0.653. The Kier molecular flexibility index (Phi) is 6.66. The summed E-state index contributed by atoms with van der Waals surface area (Å²) in [6.45, 7) is 6.75. The molecule has 17 heavy (non-hydrogen) atoms. The maximum absolute atomic E-state index is 6.07. The van der Waals surface area contributed by atoms with E-state index in [0.717, 1.165) is 30.0 Å². The van der Waals surface area contributed by atoms with Gasteiger partial charge in [-0.15, -0.1) is 0 Å². The molecule has 1 aromatic rings. The van der Waals surface area contributed by atoms with E-state index in [4.69, 9.17) is 9.16 Å². The molecular formula is C14H21O2Si. The second-order valence-electron chi connectivity index (χ2n) is 3.91. The van der Waals surface area contributed by atoms with Gasteiger partial charge in [0.05, 0.1) is 0 Å². The van der Waals surface area contributed by atoms with Gasteiger partial charge in [-0.05, 0) is 23.7 Å². The molecule has 0 aliphatic carbocycles. The van der Waals surface area contributed by atoms with Crippen molar-refractivity contribution in [2.45, 2.75) is 25.4 Å². The molecule has 0 aliphatic rings. The third kappa shape index (κ3) is 5.19. The van der Waals surface area contributed by atoms with Crippen molar-refractivity contribution in [3.63, 3.8) is 0 Å². The second kappa shape index (κ2) is 8.09. The normalized spacial score (nSPS) is 10.5. The van der Waals surface area contributed by atoms with Gasteiger partial charge in [-0.1, -0.05) is 38.1 Å². The van der Waals surface area contributed by atoms with Gasteiger partial charge in [0.15, 0.2) is 0 Å². The maximum Gasteiger partial charge on any atom is 0.283 e. The molecule has 1 aromatic carbocycles. The van der Waals surface area contributed by atoms with E-state index in [1.165, 1.54) is 6.42 Å². The maximum atomic E-state index is 6.07. The predicted octanol–water partition coefficient (Wildman–Crippen LogP) is 3.76. The van der Waals surface area contributed by atoms with Crippen LogP contribution in [0.3, 0.4) is 0 Å². The molecule has 0 fully saturated rings. The van der Waals surface area contributed by atoms with E-state index >= 15 is 0 Å². The van der Waals surface area contributed by atoms with Crippen LogP contribution in [-0.4, -0.2) is 22.8 Å². The molecule has 0 aromatic heterocycles. The molecule has 0 amide bonds. The minimum Gasteiger partial charge on any atom is -0.542 e. The Balaban J connectivity index is 2.60. The van der Waals surface area contributed by atoms with Crippen LogP contribution in [-0.2, 0) is 4.74 Å². The summed E-state index contributed by atoms with van der Waals surface area (Å²) in [5.41, 5.74) is 1.10. The van der Waals surface area contributed by atoms with Gasteiger partial charge >= 0.3 is 0 Å². The minimum atomic E-state index is -0.794. The molecule has 0 unspecified atom stereocenters. The highest BCUT2D eigenvalue weighted by molar-refractivity contribution is 6.52. The Labute approximate surface area is 106 Å². The topological polar surface area (TPSA) is 18.5 Å². The summed E-state index contributed by atoms with van der Waals surface area (Å²) in [7, 11) is 0.946. The van der Waals surface area contributed by atoms with E-state index in [2.05, 4.69) is 13.5 Å². The van der Waals surface area contributed by atoms with Gasteiger partial charge in [-0.25, -0.2) is 0 Å². The van der Waals surface area contributed by atoms with Crippen LogP contribution in [0, 0.1) is 0 Å². The molecule has 1 rings (SSSR count). The lowest BCUT2D eigenvalue weighted by Crippen LogP contribution is -2.23. The van der Waals surface area contributed by atoms with Gasteiger partial charge in [-0.3, -0.25) is 0 Å². The molecule has 0 heterocycles. The van der Waals surface area contributed by atoms with E-state index in [1.54, 1.807) is 7.11 Å². The van der Waals surface area contributed by atoms with Crippen molar-refractivity contribution >= 4 is 15.1 Å². The van der Waals surface area contributed by atoms with Crippen LogP contribution in [0.25, 0.3) is 6.08 Å². The average molecular weight is 249 g/mol. The SMILES string of the molecule is C=Cc1cccc(O[Si](CCC)CCOC)c1. The molecule has 0 N–H and O–H groups in total. The molecule has 0 aliphatic heterocycles. The summed E-state index contributed by atoms with van der Waals surface area (Å²) < 4.78 is 11.2. The Morgan fingerprint density at radius 1 is 1.35 bits per heavy atom. The second-order valence-corrected chi connectivity index (χ2v) is 6.19. The number of benzene rings is 1. The van der Waals surface area contributed by atoms with Gasteiger partial charge in [0.2, 0.25) is 0 Å². The fourth-order valence-corrected chi connectivity index (χ4v) is 3.50. The molecule has 0 bridgehead atoms. The largest absolute Gasteiger partial charge is 0.542 e. The zero-order chi connectivity index (χ0) is 12.5. The zero-order valence-electron chi connectivity index (χ0n) is 10.7. The van der Waals surface area contributed by atoms with Gasteiger partial charge < -0.3 is 9.16 Å². The van der Waals surface area contributed by atoms with Crippen LogP contribution in [0.15, 0.2) is 30.8 Å². The van der Waals surface area contributed by atoms with Gasteiger partial charge in [0.1, 0.15) is 5.75 Å². The van der Waals surface area contributed by atoms with Gasteiger partial charge in [0, 0.05) is 19.8 Å². The first-order chi connectivity index (χ1) is 8.30. The van der Waals surface area contributed by atoms with Crippen LogP contribution in [0.1, 0.15) is 18.9 Å². The number of rotatable bonds is 8. The van der Waals surface area contributed by atoms with Gasteiger partial charge in [0.25, 0.3) is 9.04 Å². The summed E-state index contributed by atoms with van der Waals surface area (Å²) >= 11 is 0. The Morgan fingerprint density at radius 2 is 2.18 bits per heavy atom. The van der Waals surface area contributed by atoms with E-state index in [0.29, 0.717) is 0 Å². The first kappa shape index (κ1) is 14.0. The third-order valence-corrected chi connectivity index (χ3v) is 4.81. The van der Waals surface area contributed by atoms with Crippen molar-refractivity contribution in [1.82, 2.24) is 0 Å². The highest BCUT2D eigenvalue weighted by atomic mass is 28.3. The summed E-state index contributed by atoms with van der Waals surface area (Å²) in [4.78, 5) is 0. The minimum absolute atomic E-state index is 0.787. The average Bonchev–Trinajstić information content (AvgIpc) is 2.36. The van der Waals surface area contributed by atoms with Crippen LogP contribution >= 0.6 is 0 Å². The highest BCUT2D eigenvalue weighted by Crippen LogP contribution is 2.17. The van der Waals surface area contributed by atoms with Crippen LogP contribution < -0.4 is 4.43 Å². The molecule has 0 spiro atoms. The van der Waals surface area contributed by atoms with Crippen molar-refractivity contribution in [3.05, 3.63) is 36.4 Å². The number of hydrogen-bond acceptors (Lipinski definition) is 2. The van der Waals surface area contributed by atoms with Crippen molar-refractivity contribution in [2.75, 3.05) is 13.7 Å². The lowest BCUT2D eigenvalue weighted by atomic mass is 10.2. The summed E-state index contributed by atoms with van der Waals surface area (Å²) in [5.74, 6) is 0.959. The van der Waals surface area contributed by atoms with Crippen LogP contribution in [0.2, 0.25) is 12.1 Å². The van der Waals surface area contributed by atoms with E-state index in [9.17, 15) is 0 Å². The molecular weight excluding hydrogens is 228 g/mol. The van der Waals surface area contributed by atoms with Crippen LogP contribution in [0.5, 0.6) is 5.75 Å². The first-order valence-corrected chi connectivity index (χ1v) is 7.86. The van der Waals surface area contributed by atoms with Crippen molar-refractivity contribution in [1.29, 1.82) is 0 Å². The lowest BCUT2D eigenvalue weighted by molar-refractivity contribution is 0.212. The fourth-order valence-electron chi connectivity index (χ4n) is 1.59. The molecule has 0 saturated carbocycles. The van der Waals surface area contributed by atoms with E-state index < -0.39 is 9.04 Å². The number of hydrogen-bond donors (Lipinski definition) is 0. The highest BCUT2D eigenvalue weighted by Gasteiger charge is 2.14. The van der Waals surface area contributed by atoms with Crippen molar-refractivity contribution in [3.8, 4) is 5.75 Å². The first-order valence-electron chi connectivity index (χ1n) is 6.04. The number of methoxy groups -OCH3 is 1. The summed E-state index contributed by atoms with van der Waals surface area (Å²) in [5, 5.41) is 0. The standard InChI is InChI=1S/C14H21O2Si/c1-4-10-17(11-9-15-3)16-14-8-6-7-13(5-2)12-14/h5-8,12H,2,4,9-11H2,1,3H3. The van der Waals surface area contributed by atoms with Crippen LogP contribution in [0.4, 0.5) is 0 Å². The Bertz CT molecular complexity index is 339. The Hall–Kier alpha value is -1.06. The Morgan fingerprint density at radius 3 is 2.82 bits per heavy atom. The van der Waals surface area contributed by atoms with Gasteiger partial charge in [-0.2, -0.15) is 0 Å². The smallest absolute Gasteiger partial charge is 0.283 e. The summed E-state index contributed by atoms with van der Waals surface area (Å²) in [6.07, 6.45) is 3.01. The predicted molar refractivity (Wildman–Crippen MR) is 74.7 cm³/mol. The molecule has 93 valence electrons. The van der Waals surface area contributed by atoms with E-state index in [1.807, 2.05) is 30.3 Å². The van der Waals surface area contributed by atoms with Crippen molar-refractivity contribution < 1.29 is 9.16 Å². The molecule has 0 saturated heterocycles. The van der Waals surface area contributed by atoms with E-state index in [-0.39, 0.29) is 0 Å². The zero-order valence-corrected chi connectivity index (χ0v) is 11.7. The molecule has 3 heteroatoms.